The van der Waals surface area contributed by atoms with Crippen molar-refractivity contribution in [1.82, 2.24) is 9.55 Å². The molecule has 0 bridgehead atoms. The lowest BCUT2D eigenvalue weighted by Crippen LogP contribution is -1.93. The maximum atomic E-state index is 9.79. The molecule has 0 saturated carbocycles. The second-order valence-electron chi connectivity index (χ2n) is 14.5. The molecule has 4 heteroatoms. The molecule has 0 unspecified atom stereocenters. The predicted molar refractivity (Wildman–Crippen MR) is 234 cm³/mol. The number of para-hydroxylation sites is 2. The van der Waals surface area contributed by atoms with E-state index in [0.717, 1.165) is 88.1 Å². The average molecular weight is 723 g/mol. The molecule has 0 amide bonds. The monoisotopic (exact) mass is 722 g/mol. The van der Waals surface area contributed by atoms with Crippen molar-refractivity contribution in [2.24, 2.45) is 0 Å². The largest absolute Gasteiger partial charge is 0.309 e. The third-order valence-corrected chi connectivity index (χ3v) is 11.4. The van der Waals surface area contributed by atoms with Gasteiger partial charge in [0, 0.05) is 38.2 Å². The molecule has 0 atom stereocenters. The van der Waals surface area contributed by atoms with Crippen LogP contribution in [0.25, 0.3) is 104 Å². The number of hydrogen-bond donors (Lipinski definition) is 0. The van der Waals surface area contributed by atoms with E-state index in [1.807, 2.05) is 42.5 Å². The van der Waals surface area contributed by atoms with Gasteiger partial charge in [0.2, 0.25) is 0 Å². The van der Waals surface area contributed by atoms with E-state index in [2.05, 4.69) is 156 Å². The van der Waals surface area contributed by atoms with Crippen LogP contribution in [0.2, 0.25) is 0 Å². The number of fused-ring (bicyclic) bond motifs is 11. The first-order chi connectivity index (χ1) is 28.2. The summed E-state index contributed by atoms with van der Waals surface area (Å²) in [6, 6.07) is 68.0. The van der Waals surface area contributed by atoms with Gasteiger partial charge in [0.25, 0.3) is 0 Å². The summed E-state index contributed by atoms with van der Waals surface area (Å²) in [5.41, 5.74) is 11.9. The summed E-state index contributed by atoms with van der Waals surface area (Å²) < 4.78 is 2.27. The lowest BCUT2D eigenvalue weighted by molar-refractivity contribution is 1.18. The van der Waals surface area contributed by atoms with E-state index in [4.69, 9.17) is 4.98 Å². The first-order valence-corrected chi connectivity index (χ1v) is 19.0. The number of aromatic nitrogens is 2. The van der Waals surface area contributed by atoms with Crippen LogP contribution in [-0.2, 0) is 0 Å². The minimum atomic E-state index is 0.644. The Bertz CT molecular complexity index is 3510. The Hall–Kier alpha value is -8.05. The second-order valence-corrected chi connectivity index (χ2v) is 14.5. The van der Waals surface area contributed by atoms with Gasteiger partial charge in [0.05, 0.1) is 45.5 Å². The second kappa shape index (κ2) is 12.8. The van der Waals surface area contributed by atoms with E-state index in [9.17, 15) is 10.5 Å². The average Bonchev–Trinajstić information content (AvgIpc) is 3.61. The summed E-state index contributed by atoms with van der Waals surface area (Å²) in [5.74, 6) is 0. The fourth-order valence-electron chi connectivity index (χ4n) is 8.75. The van der Waals surface area contributed by atoms with Gasteiger partial charge in [-0.1, -0.05) is 115 Å². The van der Waals surface area contributed by atoms with Crippen LogP contribution in [0, 0.1) is 22.7 Å². The Morgan fingerprint density at radius 3 is 1.63 bits per heavy atom. The van der Waals surface area contributed by atoms with Gasteiger partial charge in [-0.25, -0.2) is 4.98 Å². The molecule has 2 aromatic heterocycles. The van der Waals surface area contributed by atoms with E-state index >= 15 is 0 Å². The normalized spacial score (nSPS) is 11.5. The van der Waals surface area contributed by atoms with E-state index in [1.165, 1.54) is 16.2 Å². The molecule has 11 aromatic rings. The van der Waals surface area contributed by atoms with Crippen LogP contribution in [0.4, 0.5) is 0 Å². The van der Waals surface area contributed by atoms with Gasteiger partial charge in [0.1, 0.15) is 0 Å². The Balaban J connectivity index is 1.11. The van der Waals surface area contributed by atoms with Gasteiger partial charge >= 0.3 is 0 Å². The van der Waals surface area contributed by atoms with Gasteiger partial charge in [-0.3, -0.25) is 0 Å². The van der Waals surface area contributed by atoms with Gasteiger partial charge in [0.15, 0.2) is 0 Å². The van der Waals surface area contributed by atoms with Crippen molar-refractivity contribution in [2.45, 2.75) is 0 Å². The fraction of sp³-hybridized carbons (Fsp3) is 0. The molecule has 0 aliphatic heterocycles. The molecule has 9 aromatic carbocycles. The van der Waals surface area contributed by atoms with Crippen molar-refractivity contribution >= 4 is 65.0 Å². The van der Waals surface area contributed by atoms with Crippen molar-refractivity contribution in [3.8, 4) is 51.3 Å². The number of rotatable bonds is 4. The molecular weight excluding hydrogens is 693 g/mol. The van der Waals surface area contributed by atoms with Crippen LogP contribution in [0.5, 0.6) is 0 Å². The Morgan fingerprint density at radius 1 is 0.368 bits per heavy atom. The molecule has 0 saturated heterocycles. The predicted octanol–water partition coefficient (Wildman–Crippen LogP) is 13.5. The van der Waals surface area contributed by atoms with Gasteiger partial charge in [-0.15, -0.1) is 0 Å². The molecule has 262 valence electrons. The van der Waals surface area contributed by atoms with Crippen molar-refractivity contribution in [3.63, 3.8) is 0 Å². The molecule has 2 heterocycles. The molecule has 0 N–H and O–H groups in total. The van der Waals surface area contributed by atoms with E-state index in [-0.39, 0.29) is 0 Å². The summed E-state index contributed by atoms with van der Waals surface area (Å²) >= 11 is 0. The molecule has 0 fully saturated rings. The maximum absolute atomic E-state index is 9.79. The standard InChI is InChI=1S/C53H30N4/c54-31-33-14-17-35(18-15-33)38-23-25-43-45(29-38)41-10-4-5-11-42(41)51-44-12-6-7-13-48(44)56-53(52(43)51)37-21-19-36(20-22-37)39-24-27-50-47(30-39)46-28-34(32-55)16-26-49(46)57(50)40-8-2-1-3-9-40/h1-30H. The number of nitrogens with zero attached hydrogens (tertiary/aromatic N) is 4. The van der Waals surface area contributed by atoms with Crippen LogP contribution in [0.15, 0.2) is 182 Å². The molecule has 0 radical (unpaired) electrons. The van der Waals surface area contributed by atoms with E-state index < -0.39 is 0 Å². The minimum Gasteiger partial charge on any atom is -0.309 e. The van der Waals surface area contributed by atoms with Crippen molar-refractivity contribution < 1.29 is 0 Å². The lowest BCUT2D eigenvalue weighted by Gasteiger charge is -2.17. The SMILES string of the molecule is N#Cc1ccc(-c2ccc3c(c2)c2ccccc2c2c4ccccc4nc(-c4ccc(-c5ccc6c(c5)c5cc(C#N)ccc5n6-c5ccccc5)cc4)c32)cc1. The molecule has 4 nitrogen and oxygen atoms in total. The zero-order valence-electron chi connectivity index (χ0n) is 30.6. The highest BCUT2D eigenvalue weighted by Gasteiger charge is 2.19. The topological polar surface area (TPSA) is 65.4 Å². The highest BCUT2D eigenvalue weighted by molar-refractivity contribution is 6.33. The summed E-state index contributed by atoms with van der Waals surface area (Å²) in [6.45, 7) is 0. The van der Waals surface area contributed by atoms with Crippen LogP contribution in [0.1, 0.15) is 11.1 Å². The smallest absolute Gasteiger partial charge is 0.0991 e. The lowest BCUT2D eigenvalue weighted by atomic mass is 9.88. The third-order valence-electron chi connectivity index (χ3n) is 11.4. The Labute approximate surface area is 328 Å². The number of nitriles is 2. The summed E-state index contributed by atoms with van der Waals surface area (Å²) in [4.78, 5) is 5.40. The van der Waals surface area contributed by atoms with Crippen LogP contribution in [-0.4, -0.2) is 9.55 Å². The van der Waals surface area contributed by atoms with Crippen molar-refractivity contribution in [3.05, 3.63) is 193 Å². The van der Waals surface area contributed by atoms with Crippen LogP contribution < -0.4 is 0 Å². The Morgan fingerprint density at radius 2 is 0.895 bits per heavy atom. The van der Waals surface area contributed by atoms with Gasteiger partial charge in [-0.2, -0.15) is 10.5 Å². The van der Waals surface area contributed by atoms with E-state index in [1.54, 1.807) is 0 Å². The molecule has 0 spiro atoms. The van der Waals surface area contributed by atoms with Crippen LogP contribution in [0.3, 0.4) is 0 Å². The van der Waals surface area contributed by atoms with Crippen molar-refractivity contribution in [1.29, 1.82) is 10.5 Å². The fourth-order valence-corrected chi connectivity index (χ4v) is 8.75. The minimum absolute atomic E-state index is 0.644. The van der Waals surface area contributed by atoms with Gasteiger partial charge < -0.3 is 4.57 Å². The van der Waals surface area contributed by atoms with Crippen LogP contribution >= 0.6 is 0 Å². The third kappa shape index (κ3) is 5.10. The molecule has 57 heavy (non-hydrogen) atoms. The summed E-state index contributed by atoms with van der Waals surface area (Å²) in [6.07, 6.45) is 0. The maximum Gasteiger partial charge on any atom is 0.0991 e. The first-order valence-electron chi connectivity index (χ1n) is 19.0. The first kappa shape index (κ1) is 32.4. The number of pyridine rings is 1. The summed E-state index contributed by atoms with van der Waals surface area (Å²) in [7, 11) is 0. The quantitative estimate of drug-likeness (QED) is 0.170. The van der Waals surface area contributed by atoms with E-state index in [0.29, 0.717) is 11.1 Å². The highest BCUT2D eigenvalue weighted by atomic mass is 15.0. The van der Waals surface area contributed by atoms with Gasteiger partial charge in [-0.05, 0) is 111 Å². The zero-order chi connectivity index (χ0) is 38.0. The zero-order valence-corrected chi connectivity index (χ0v) is 30.6. The Kier molecular flexibility index (Phi) is 7.26. The van der Waals surface area contributed by atoms with Crippen molar-refractivity contribution in [2.75, 3.05) is 0 Å². The number of benzene rings is 9. The molecule has 11 rings (SSSR count). The highest BCUT2D eigenvalue weighted by Crippen LogP contribution is 2.44. The molecule has 0 aliphatic carbocycles. The number of hydrogen-bond acceptors (Lipinski definition) is 3. The molecular formula is C53H30N4. The molecule has 0 aliphatic rings. The summed E-state index contributed by atoms with van der Waals surface area (Å²) in [5, 5.41) is 29.5.